The van der Waals surface area contributed by atoms with Crippen LogP contribution in [0.3, 0.4) is 0 Å². The highest BCUT2D eigenvalue weighted by molar-refractivity contribution is 5.19. The summed E-state index contributed by atoms with van der Waals surface area (Å²) in [6, 6.07) is 5.16. The topological polar surface area (TPSA) is 8.17 Å². The largest absolute Gasteiger partial charge is 0.350 e. The summed E-state index contributed by atoms with van der Waals surface area (Å²) in [6.07, 6.45) is 3.59. The summed E-state index contributed by atoms with van der Waals surface area (Å²) < 4.78 is 2.41. The van der Waals surface area contributed by atoms with Gasteiger partial charge in [-0.1, -0.05) is 0 Å². The average molecular weight is 162 g/mol. The van der Waals surface area contributed by atoms with Crippen LogP contribution in [0.1, 0.15) is 18.2 Å². The van der Waals surface area contributed by atoms with Crippen molar-refractivity contribution in [1.29, 1.82) is 0 Å². The average Bonchev–Trinajstić information content (AvgIpc) is 2.61. The lowest BCUT2D eigenvalue weighted by atomic mass is 10.0. The first-order valence-electron chi connectivity index (χ1n) is 4.71. The van der Waals surface area contributed by atoms with Crippen LogP contribution in [-0.4, -0.2) is 23.1 Å². The van der Waals surface area contributed by atoms with Gasteiger partial charge in [0.05, 0.1) is 6.04 Å². The summed E-state index contributed by atoms with van der Waals surface area (Å²) in [6.45, 7) is 2.53. The minimum absolute atomic E-state index is 0.722. The van der Waals surface area contributed by atoms with Crippen molar-refractivity contribution in [3.63, 3.8) is 0 Å². The number of hydrogen-bond acceptors (Lipinski definition) is 1. The van der Waals surface area contributed by atoms with Gasteiger partial charge in [0.2, 0.25) is 0 Å². The predicted octanol–water partition coefficient (Wildman–Crippen LogP) is 1.49. The molecule has 2 atom stereocenters. The first kappa shape index (κ1) is 6.72. The predicted molar refractivity (Wildman–Crippen MR) is 47.9 cm³/mol. The molecule has 0 amide bonds. The number of aromatic nitrogens is 1. The van der Waals surface area contributed by atoms with E-state index in [1.54, 1.807) is 0 Å². The Balaban J connectivity index is 2.06. The lowest BCUT2D eigenvalue weighted by Crippen LogP contribution is -2.18. The maximum absolute atomic E-state index is 2.49. The van der Waals surface area contributed by atoms with Crippen LogP contribution in [0.4, 0.5) is 0 Å². The molecule has 0 aliphatic carbocycles. The van der Waals surface area contributed by atoms with Crippen molar-refractivity contribution < 1.29 is 0 Å². The van der Waals surface area contributed by atoms with E-state index >= 15 is 0 Å². The molecule has 0 bridgehead atoms. The Hall–Kier alpha value is -0.760. The van der Waals surface area contributed by atoms with E-state index in [4.69, 9.17) is 0 Å². The quantitative estimate of drug-likeness (QED) is 0.561. The third-order valence-corrected chi connectivity index (χ3v) is 3.37. The van der Waals surface area contributed by atoms with Gasteiger partial charge in [-0.2, -0.15) is 0 Å². The van der Waals surface area contributed by atoms with Crippen LogP contribution in [0, 0.1) is 5.92 Å². The van der Waals surface area contributed by atoms with Crippen LogP contribution in [0.25, 0.3) is 0 Å². The van der Waals surface area contributed by atoms with Crippen LogP contribution in [-0.2, 0) is 6.54 Å². The molecule has 0 aromatic carbocycles. The molecule has 0 radical (unpaired) electrons. The van der Waals surface area contributed by atoms with E-state index in [1.807, 2.05) is 0 Å². The fourth-order valence-electron chi connectivity index (χ4n) is 2.80. The number of fused-ring (bicyclic) bond motifs is 3. The van der Waals surface area contributed by atoms with Gasteiger partial charge >= 0.3 is 0 Å². The standard InChI is InChI=1S/C10H14N2/c1-11-6-4-8-7-12-5-2-3-9(12)10(8)11/h2-3,5,8,10H,4,6-7H2,1H3/t8-,10-/m1/s1. The smallest absolute Gasteiger partial charge is 0.0543 e. The van der Waals surface area contributed by atoms with Crippen molar-refractivity contribution >= 4 is 0 Å². The molecule has 3 heterocycles. The lowest BCUT2D eigenvalue weighted by molar-refractivity contribution is 0.292. The summed E-state index contributed by atoms with van der Waals surface area (Å²) >= 11 is 0. The maximum atomic E-state index is 2.49. The van der Waals surface area contributed by atoms with E-state index in [0.717, 1.165) is 12.0 Å². The van der Waals surface area contributed by atoms with Crippen molar-refractivity contribution in [1.82, 2.24) is 9.47 Å². The highest BCUT2D eigenvalue weighted by Gasteiger charge is 2.39. The SMILES string of the molecule is CN1CC[C@@H]2Cn3cccc3[C@@H]21. The molecule has 1 aromatic heterocycles. The fraction of sp³-hybridized carbons (Fsp3) is 0.600. The van der Waals surface area contributed by atoms with Gasteiger partial charge < -0.3 is 4.57 Å². The number of hydrogen-bond donors (Lipinski definition) is 0. The third kappa shape index (κ3) is 0.686. The second-order valence-electron chi connectivity index (χ2n) is 4.06. The monoisotopic (exact) mass is 162 g/mol. The summed E-state index contributed by atoms with van der Waals surface area (Å²) in [5.41, 5.74) is 1.53. The summed E-state index contributed by atoms with van der Waals surface area (Å²) in [5, 5.41) is 0. The Morgan fingerprint density at radius 1 is 1.50 bits per heavy atom. The second-order valence-corrected chi connectivity index (χ2v) is 4.06. The Kier molecular flexibility index (Phi) is 1.20. The Labute approximate surface area is 72.8 Å². The van der Waals surface area contributed by atoms with Crippen LogP contribution in [0.2, 0.25) is 0 Å². The number of nitrogens with zero attached hydrogens (tertiary/aromatic N) is 2. The van der Waals surface area contributed by atoms with Gasteiger partial charge in [-0.05, 0) is 38.1 Å². The van der Waals surface area contributed by atoms with Gasteiger partial charge in [-0.25, -0.2) is 0 Å². The highest BCUT2D eigenvalue weighted by atomic mass is 15.2. The molecule has 1 saturated heterocycles. The zero-order valence-electron chi connectivity index (χ0n) is 7.40. The van der Waals surface area contributed by atoms with Crippen molar-refractivity contribution in [2.45, 2.75) is 19.0 Å². The molecule has 0 unspecified atom stereocenters. The molecular formula is C10H14N2. The van der Waals surface area contributed by atoms with Crippen molar-refractivity contribution in [2.75, 3.05) is 13.6 Å². The Morgan fingerprint density at radius 2 is 2.42 bits per heavy atom. The Morgan fingerprint density at radius 3 is 3.33 bits per heavy atom. The normalized spacial score (nSPS) is 33.8. The van der Waals surface area contributed by atoms with Crippen LogP contribution < -0.4 is 0 Å². The molecule has 0 spiro atoms. The maximum Gasteiger partial charge on any atom is 0.0543 e. The van der Waals surface area contributed by atoms with Gasteiger partial charge in [0, 0.05) is 18.4 Å². The third-order valence-electron chi connectivity index (χ3n) is 3.37. The van der Waals surface area contributed by atoms with Crippen LogP contribution in [0.5, 0.6) is 0 Å². The summed E-state index contributed by atoms with van der Waals surface area (Å²) in [4.78, 5) is 2.49. The van der Waals surface area contributed by atoms with E-state index in [1.165, 1.54) is 25.2 Å². The molecule has 3 rings (SSSR count). The van der Waals surface area contributed by atoms with E-state index in [2.05, 4.69) is 34.8 Å². The minimum Gasteiger partial charge on any atom is -0.350 e. The molecule has 0 N–H and O–H groups in total. The van der Waals surface area contributed by atoms with E-state index in [0.29, 0.717) is 0 Å². The summed E-state index contributed by atoms with van der Waals surface area (Å²) in [5.74, 6) is 0.895. The minimum atomic E-state index is 0.722. The van der Waals surface area contributed by atoms with Crippen molar-refractivity contribution in [2.24, 2.45) is 5.92 Å². The first-order valence-corrected chi connectivity index (χ1v) is 4.71. The zero-order chi connectivity index (χ0) is 8.13. The molecule has 2 heteroatoms. The highest BCUT2D eigenvalue weighted by Crippen LogP contribution is 2.42. The van der Waals surface area contributed by atoms with Gasteiger partial charge in [0.25, 0.3) is 0 Å². The van der Waals surface area contributed by atoms with Gasteiger partial charge in [-0.3, -0.25) is 4.90 Å². The molecule has 12 heavy (non-hydrogen) atoms. The number of rotatable bonds is 0. The van der Waals surface area contributed by atoms with Crippen LogP contribution >= 0.6 is 0 Å². The molecular weight excluding hydrogens is 148 g/mol. The van der Waals surface area contributed by atoms with E-state index in [9.17, 15) is 0 Å². The lowest BCUT2D eigenvalue weighted by Gasteiger charge is -2.17. The van der Waals surface area contributed by atoms with Crippen LogP contribution in [0.15, 0.2) is 18.3 Å². The van der Waals surface area contributed by atoms with Gasteiger partial charge in [0.1, 0.15) is 0 Å². The fourth-order valence-corrected chi connectivity index (χ4v) is 2.80. The zero-order valence-corrected chi connectivity index (χ0v) is 7.40. The van der Waals surface area contributed by atoms with E-state index in [-0.39, 0.29) is 0 Å². The molecule has 1 fully saturated rings. The van der Waals surface area contributed by atoms with Gasteiger partial charge in [-0.15, -0.1) is 0 Å². The molecule has 0 saturated carbocycles. The van der Waals surface area contributed by atoms with Gasteiger partial charge in [0.15, 0.2) is 0 Å². The van der Waals surface area contributed by atoms with Crippen molar-refractivity contribution in [3.05, 3.63) is 24.0 Å². The molecule has 2 nitrogen and oxygen atoms in total. The molecule has 2 aliphatic rings. The first-order chi connectivity index (χ1) is 5.86. The summed E-state index contributed by atoms with van der Waals surface area (Å²) in [7, 11) is 2.24. The Bertz CT molecular complexity index is 303. The van der Waals surface area contributed by atoms with Crippen molar-refractivity contribution in [3.8, 4) is 0 Å². The molecule has 64 valence electrons. The second kappa shape index (κ2) is 2.13. The molecule has 1 aromatic rings. The molecule has 2 aliphatic heterocycles. The number of likely N-dealkylation sites (tertiary alicyclic amines) is 1. The van der Waals surface area contributed by atoms with E-state index < -0.39 is 0 Å².